The Hall–Kier alpha value is -2.82. The van der Waals surface area contributed by atoms with Crippen molar-refractivity contribution in [3.63, 3.8) is 0 Å². The number of hydrogen-bond acceptors (Lipinski definition) is 3. The molecule has 0 aliphatic heterocycles. The van der Waals surface area contributed by atoms with Gasteiger partial charge in [-0.15, -0.1) is 0 Å². The molecule has 2 aromatic heterocycles. The summed E-state index contributed by atoms with van der Waals surface area (Å²) in [6.07, 6.45) is 3.32. The van der Waals surface area contributed by atoms with Crippen LogP contribution in [-0.4, -0.2) is 28.2 Å². The summed E-state index contributed by atoms with van der Waals surface area (Å²) in [5, 5.41) is 10.0. The summed E-state index contributed by atoms with van der Waals surface area (Å²) in [6.45, 7) is 0. The van der Waals surface area contributed by atoms with Gasteiger partial charge in [0.2, 0.25) is 0 Å². The molecule has 5 nitrogen and oxygen atoms in total. The van der Waals surface area contributed by atoms with Crippen molar-refractivity contribution >= 4 is 16.9 Å². The topological polar surface area (TPSA) is 75.2 Å². The number of aromatic nitrogens is 2. The third kappa shape index (κ3) is 1.99. The van der Waals surface area contributed by atoms with E-state index in [0.29, 0.717) is 5.69 Å². The molecule has 0 saturated carbocycles. The van der Waals surface area contributed by atoms with E-state index in [1.807, 2.05) is 24.4 Å². The predicted molar refractivity (Wildman–Crippen MR) is 75.0 cm³/mol. The average molecular weight is 268 g/mol. The number of carboxylic acids is 1. The molecule has 0 amide bonds. The SMILES string of the molecule is COc1ccc2c(-c3cc(C(=O)O)ccn3)c[nH]c2c1. The lowest BCUT2D eigenvalue weighted by Crippen LogP contribution is -1.97. The molecular weight excluding hydrogens is 256 g/mol. The van der Waals surface area contributed by atoms with Crippen LogP contribution in [0, 0.1) is 0 Å². The van der Waals surface area contributed by atoms with Crippen molar-refractivity contribution in [2.75, 3.05) is 7.11 Å². The second kappa shape index (κ2) is 4.70. The molecule has 0 atom stereocenters. The summed E-state index contributed by atoms with van der Waals surface area (Å²) in [5.41, 5.74) is 2.63. The van der Waals surface area contributed by atoms with E-state index in [0.717, 1.165) is 22.2 Å². The van der Waals surface area contributed by atoms with Crippen LogP contribution >= 0.6 is 0 Å². The van der Waals surface area contributed by atoms with Crippen molar-refractivity contribution in [2.24, 2.45) is 0 Å². The van der Waals surface area contributed by atoms with Gasteiger partial charge in [-0.05, 0) is 24.3 Å². The van der Waals surface area contributed by atoms with E-state index in [9.17, 15) is 4.79 Å². The number of pyridine rings is 1. The monoisotopic (exact) mass is 268 g/mol. The van der Waals surface area contributed by atoms with Crippen LogP contribution < -0.4 is 4.74 Å². The van der Waals surface area contributed by atoms with Crippen molar-refractivity contribution in [1.29, 1.82) is 0 Å². The number of hydrogen-bond donors (Lipinski definition) is 2. The Labute approximate surface area is 114 Å². The highest BCUT2D eigenvalue weighted by Crippen LogP contribution is 2.29. The van der Waals surface area contributed by atoms with Gasteiger partial charge in [0.1, 0.15) is 5.75 Å². The summed E-state index contributed by atoms with van der Waals surface area (Å²) < 4.78 is 5.17. The average Bonchev–Trinajstić information content (AvgIpc) is 2.90. The molecule has 0 fully saturated rings. The number of ether oxygens (including phenoxy) is 1. The van der Waals surface area contributed by atoms with Crippen molar-refractivity contribution in [1.82, 2.24) is 9.97 Å². The van der Waals surface area contributed by atoms with Crippen molar-refractivity contribution < 1.29 is 14.6 Å². The number of aromatic carboxylic acids is 1. The zero-order chi connectivity index (χ0) is 14.1. The van der Waals surface area contributed by atoms with Gasteiger partial charge in [0.15, 0.2) is 0 Å². The lowest BCUT2D eigenvalue weighted by molar-refractivity contribution is 0.0697. The Balaban J connectivity index is 2.15. The normalized spacial score (nSPS) is 10.7. The first-order chi connectivity index (χ1) is 9.69. The molecule has 20 heavy (non-hydrogen) atoms. The summed E-state index contributed by atoms with van der Waals surface area (Å²) in [5.74, 6) is -0.201. The molecule has 0 spiro atoms. The molecule has 0 aliphatic carbocycles. The summed E-state index contributed by atoms with van der Waals surface area (Å²) in [6, 6.07) is 8.72. The Morgan fingerprint density at radius 3 is 2.90 bits per heavy atom. The second-order valence-corrected chi connectivity index (χ2v) is 4.35. The summed E-state index contributed by atoms with van der Waals surface area (Å²) >= 11 is 0. The number of H-pyrrole nitrogens is 1. The van der Waals surface area contributed by atoms with Gasteiger partial charge in [-0.25, -0.2) is 4.79 Å². The summed E-state index contributed by atoms with van der Waals surface area (Å²) in [7, 11) is 1.61. The Bertz CT molecular complexity index is 793. The molecule has 3 rings (SSSR count). The highest BCUT2D eigenvalue weighted by Gasteiger charge is 2.10. The number of carboxylic acid groups (broad SMARTS) is 1. The van der Waals surface area contributed by atoms with Gasteiger partial charge in [-0.1, -0.05) is 0 Å². The van der Waals surface area contributed by atoms with Gasteiger partial charge in [-0.3, -0.25) is 4.98 Å². The fourth-order valence-corrected chi connectivity index (χ4v) is 2.16. The van der Waals surface area contributed by atoms with Gasteiger partial charge in [0.25, 0.3) is 0 Å². The van der Waals surface area contributed by atoms with Crippen molar-refractivity contribution in [3.05, 3.63) is 48.3 Å². The van der Waals surface area contributed by atoms with Crippen molar-refractivity contribution in [2.45, 2.75) is 0 Å². The Morgan fingerprint density at radius 1 is 1.30 bits per heavy atom. The number of nitrogens with zero attached hydrogens (tertiary/aromatic N) is 1. The molecule has 2 heterocycles. The van der Waals surface area contributed by atoms with Gasteiger partial charge >= 0.3 is 5.97 Å². The first-order valence-corrected chi connectivity index (χ1v) is 6.04. The molecule has 2 N–H and O–H groups in total. The van der Waals surface area contributed by atoms with E-state index in [2.05, 4.69) is 9.97 Å². The van der Waals surface area contributed by atoms with Crippen LogP contribution in [0.3, 0.4) is 0 Å². The van der Waals surface area contributed by atoms with Crippen LogP contribution in [0.5, 0.6) is 5.75 Å². The van der Waals surface area contributed by atoms with Crippen LogP contribution in [-0.2, 0) is 0 Å². The fraction of sp³-hybridized carbons (Fsp3) is 0.0667. The minimum atomic E-state index is -0.963. The van der Waals surface area contributed by atoms with E-state index in [1.165, 1.54) is 12.3 Å². The Kier molecular flexibility index (Phi) is 2.87. The van der Waals surface area contributed by atoms with Crippen LogP contribution in [0.1, 0.15) is 10.4 Å². The maximum atomic E-state index is 11.0. The quantitative estimate of drug-likeness (QED) is 0.765. The van der Waals surface area contributed by atoms with E-state index in [1.54, 1.807) is 13.2 Å². The van der Waals surface area contributed by atoms with Crippen molar-refractivity contribution in [3.8, 4) is 17.0 Å². The number of benzene rings is 1. The van der Waals surface area contributed by atoms with E-state index in [4.69, 9.17) is 9.84 Å². The number of carbonyl (C=O) groups is 1. The van der Waals surface area contributed by atoms with Crippen LogP contribution in [0.4, 0.5) is 0 Å². The maximum absolute atomic E-state index is 11.0. The lowest BCUT2D eigenvalue weighted by Gasteiger charge is -2.02. The highest BCUT2D eigenvalue weighted by molar-refractivity contribution is 5.96. The molecule has 3 aromatic rings. The van der Waals surface area contributed by atoms with E-state index < -0.39 is 5.97 Å². The van der Waals surface area contributed by atoms with Crippen LogP contribution in [0.25, 0.3) is 22.2 Å². The molecule has 0 radical (unpaired) electrons. The zero-order valence-electron chi connectivity index (χ0n) is 10.8. The van der Waals surface area contributed by atoms with E-state index in [-0.39, 0.29) is 5.56 Å². The largest absolute Gasteiger partial charge is 0.497 e. The predicted octanol–water partition coefficient (Wildman–Crippen LogP) is 2.94. The first kappa shape index (κ1) is 12.2. The minimum Gasteiger partial charge on any atom is -0.497 e. The van der Waals surface area contributed by atoms with Crippen LogP contribution in [0.2, 0.25) is 0 Å². The molecule has 100 valence electrons. The fourth-order valence-electron chi connectivity index (χ4n) is 2.16. The third-order valence-corrected chi connectivity index (χ3v) is 3.17. The Morgan fingerprint density at radius 2 is 2.15 bits per heavy atom. The molecule has 0 unspecified atom stereocenters. The molecule has 0 saturated heterocycles. The molecule has 5 heteroatoms. The zero-order valence-corrected chi connectivity index (χ0v) is 10.8. The third-order valence-electron chi connectivity index (χ3n) is 3.17. The summed E-state index contributed by atoms with van der Waals surface area (Å²) in [4.78, 5) is 18.4. The number of rotatable bonds is 3. The molecule has 0 aliphatic rings. The number of fused-ring (bicyclic) bond motifs is 1. The first-order valence-electron chi connectivity index (χ1n) is 6.04. The minimum absolute atomic E-state index is 0.220. The maximum Gasteiger partial charge on any atom is 0.335 e. The van der Waals surface area contributed by atoms with Gasteiger partial charge in [0, 0.05) is 34.9 Å². The van der Waals surface area contributed by atoms with Gasteiger partial charge < -0.3 is 14.8 Å². The lowest BCUT2D eigenvalue weighted by atomic mass is 10.1. The smallest absolute Gasteiger partial charge is 0.335 e. The van der Waals surface area contributed by atoms with Gasteiger partial charge in [-0.2, -0.15) is 0 Å². The van der Waals surface area contributed by atoms with E-state index >= 15 is 0 Å². The molecule has 1 aromatic carbocycles. The van der Waals surface area contributed by atoms with Crippen LogP contribution in [0.15, 0.2) is 42.7 Å². The molecular formula is C15H12N2O3. The standard InChI is InChI=1S/C15H12N2O3/c1-20-10-2-3-11-12(8-17-14(11)7-10)13-6-9(15(18)19)4-5-16-13/h2-8,17H,1H3,(H,18,19). The number of methoxy groups -OCH3 is 1. The number of aromatic amines is 1. The second-order valence-electron chi connectivity index (χ2n) is 4.35. The highest BCUT2D eigenvalue weighted by atomic mass is 16.5. The molecule has 0 bridgehead atoms. The number of nitrogens with one attached hydrogen (secondary N) is 1. The van der Waals surface area contributed by atoms with Gasteiger partial charge in [0.05, 0.1) is 18.4 Å².